The van der Waals surface area contributed by atoms with Crippen molar-refractivity contribution in [1.82, 2.24) is 14.8 Å². The Balaban J connectivity index is 1.65. The molecule has 1 saturated carbocycles. The summed E-state index contributed by atoms with van der Waals surface area (Å²) < 4.78 is 2.08. The third kappa shape index (κ3) is 4.80. The third-order valence-electron chi connectivity index (χ3n) is 4.67. The van der Waals surface area contributed by atoms with E-state index in [1.807, 2.05) is 25.1 Å². The predicted octanol–water partition coefficient (Wildman–Crippen LogP) is 4.76. The van der Waals surface area contributed by atoms with Crippen LogP contribution in [0.15, 0.2) is 42.1 Å². The SMILES string of the molecule is C=CCn1c(S[C@@H](C)C(=O)Nc2ccc(C(C)(C)C)cc2)nnc1C1CC1. The number of hydrogen-bond donors (Lipinski definition) is 1. The minimum Gasteiger partial charge on any atom is -0.325 e. The highest BCUT2D eigenvalue weighted by atomic mass is 32.2. The van der Waals surface area contributed by atoms with E-state index in [2.05, 4.69) is 59.6 Å². The average molecular weight is 385 g/mol. The van der Waals surface area contributed by atoms with E-state index in [1.54, 1.807) is 0 Å². The van der Waals surface area contributed by atoms with Gasteiger partial charge in [0.05, 0.1) is 5.25 Å². The van der Waals surface area contributed by atoms with Crippen LogP contribution < -0.4 is 5.32 Å². The van der Waals surface area contributed by atoms with Gasteiger partial charge in [0.25, 0.3) is 0 Å². The number of carbonyl (C=O) groups excluding carboxylic acids is 1. The fraction of sp³-hybridized carbons (Fsp3) is 0.476. The molecule has 5 nitrogen and oxygen atoms in total. The van der Waals surface area contributed by atoms with Gasteiger partial charge in [0.2, 0.25) is 5.91 Å². The number of aromatic nitrogens is 3. The molecular formula is C21H28N4OS. The Morgan fingerprint density at radius 3 is 2.56 bits per heavy atom. The highest BCUT2D eigenvalue weighted by Gasteiger charge is 2.31. The number of benzene rings is 1. The first-order chi connectivity index (χ1) is 12.8. The smallest absolute Gasteiger partial charge is 0.237 e. The molecule has 1 fully saturated rings. The summed E-state index contributed by atoms with van der Waals surface area (Å²) in [7, 11) is 0. The van der Waals surface area contributed by atoms with Crippen LogP contribution in [0.1, 0.15) is 57.8 Å². The van der Waals surface area contributed by atoms with Crippen molar-refractivity contribution in [3.05, 3.63) is 48.3 Å². The first-order valence-electron chi connectivity index (χ1n) is 9.41. The lowest BCUT2D eigenvalue weighted by molar-refractivity contribution is -0.115. The molecule has 2 aromatic rings. The topological polar surface area (TPSA) is 59.8 Å². The van der Waals surface area contributed by atoms with E-state index in [-0.39, 0.29) is 16.6 Å². The van der Waals surface area contributed by atoms with Crippen LogP contribution in [-0.2, 0) is 16.8 Å². The molecule has 1 aromatic carbocycles. The fourth-order valence-corrected chi connectivity index (χ4v) is 3.71. The Morgan fingerprint density at radius 2 is 2.00 bits per heavy atom. The van der Waals surface area contributed by atoms with E-state index in [9.17, 15) is 4.79 Å². The van der Waals surface area contributed by atoms with Crippen molar-refractivity contribution in [3.63, 3.8) is 0 Å². The molecule has 6 heteroatoms. The molecule has 0 saturated heterocycles. The standard InChI is InChI=1S/C21H28N4OS/c1-6-13-25-18(15-7-8-15)23-24-20(25)27-14(2)19(26)22-17-11-9-16(10-12-17)21(3,4)5/h6,9-12,14-15H,1,7-8,13H2,2-5H3,(H,22,26)/t14-/m0/s1. The molecule has 27 heavy (non-hydrogen) atoms. The first-order valence-corrected chi connectivity index (χ1v) is 10.3. The normalized spacial score (nSPS) is 15.4. The highest BCUT2D eigenvalue weighted by molar-refractivity contribution is 8.00. The summed E-state index contributed by atoms with van der Waals surface area (Å²) >= 11 is 1.44. The van der Waals surface area contributed by atoms with Crippen LogP contribution in [0, 0.1) is 0 Å². The number of nitrogens with zero attached hydrogens (tertiary/aromatic N) is 3. The van der Waals surface area contributed by atoms with Gasteiger partial charge < -0.3 is 9.88 Å². The van der Waals surface area contributed by atoms with Gasteiger partial charge in [-0.2, -0.15) is 0 Å². The monoisotopic (exact) mass is 384 g/mol. The van der Waals surface area contributed by atoms with E-state index in [0.29, 0.717) is 12.5 Å². The summed E-state index contributed by atoms with van der Waals surface area (Å²) in [6.07, 6.45) is 4.18. The van der Waals surface area contributed by atoms with Crippen LogP contribution in [0.3, 0.4) is 0 Å². The molecule has 1 aliphatic carbocycles. The summed E-state index contributed by atoms with van der Waals surface area (Å²) in [5.74, 6) is 1.49. The van der Waals surface area contributed by atoms with Crippen molar-refractivity contribution in [2.75, 3.05) is 5.32 Å². The maximum absolute atomic E-state index is 12.6. The van der Waals surface area contributed by atoms with Gasteiger partial charge in [-0.3, -0.25) is 4.79 Å². The number of nitrogens with one attached hydrogen (secondary N) is 1. The summed E-state index contributed by atoms with van der Waals surface area (Å²) in [5, 5.41) is 12.2. The lowest BCUT2D eigenvalue weighted by Crippen LogP contribution is -2.23. The third-order valence-corrected chi connectivity index (χ3v) is 5.75. The molecule has 0 radical (unpaired) electrons. The number of amides is 1. The Morgan fingerprint density at radius 1 is 1.33 bits per heavy atom. The van der Waals surface area contributed by atoms with Gasteiger partial charge in [0.15, 0.2) is 5.16 Å². The molecule has 0 bridgehead atoms. The quantitative estimate of drug-likeness (QED) is 0.552. The largest absolute Gasteiger partial charge is 0.325 e. The molecule has 0 aliphatic heterocycles. The maximum Gasteiger partial charge on any atom is 0.237 e. The van der Waals surface area contributed by atoms with Gasteiger partial charge >= 0.3 is 0 Å². The van der Waals surface area contributed by atoms with E-state index < -0.39 is 0 Å². The fourth-order valence-electron chi connectivity index (χ4n) is 2.84. The van der Waals surface area contributed by atoms with Crippen LogP contribution in [0.5, 0.6) is 0 Å². The maximum atomic E-state index is 12.6. The Bertz CT molecular complexity index is 816. The van der Waals surface area contributed by atoms with Crippen molar-refractivity contribution in [3.8, 4) is 0 Å². The number of rotatable bonds is 7. The number of thioether (sulfide) groups is 1. The lowest BCUT2D eigenvalue weighted by Gasteiger charge is -2.19. The van der Waals surface area contributed by atoms with Crippen LogP contribution >= 0.6 is 11.8 Å². The second-order valence-corrected chi connectivity index (χ2v) is 9.40. The van der Waals surface area contributed by atoms with Gasteiger partial charge in [-0.15, -0.1) is 16.8 Å². The van der Waals surface area contributed by atoms with Gasteiger partial charge in [0, 0.05) is 18.2 Å². The molecule has 0 unspecified atom stereocenters. The minimum atomic E-state index is -0.271. The number of hydrogen-bond acceptors (Lipinski definition) is 4. The summed E-state index contributed by atoms with van der Waals surface area (Å²) in [6, 6.07) is 8.05. The van der Waals surface area contributed by atoms with Crippen LogP contribution in [-0.4, -0.2) is 25.9 Å². The molecule has 1 N–H and O–H groups in total. The zero-order valence-corrected chi connectivity index (χ0v) is 17.3. The van der Waals surface area contributed by atoms with Crippen molar-refractivity contribution >= 4 is 23.4 Å². The van der Waals surface area contributed by atoms with E-state index in [4.69, 9.17) is 0 Å². The van der Waals surface area contributed by atoms with Crippen LogP contribution in [0.2, 0.25) is 0 Å². The van der Waals surface area contributed by atoms with E-state index in [0.717, 1.165) is 16.7 Å². The van der Waals surface area contributed by atoms with E-state index in [1.165, 1.54) is 30.2 Å². The lowest BCUT2D eigenvalue weighted by atomic mass is 9.87. The van der Waals surface area contributed by atoms with Crippen LogP contribution in [0.25, 0.3) is 0 Å². The van der Waals surface area contributed by atoms with Crippen molar-refractivity contribution < 1.29 is 4.79 Å². The highest BCUT2D eigenvalue weighted by Crippen LogP contribution is 2.40. The van der Waals surface area contributed by atoms with Gasteiger partial charge in [0.1, 0.15) is 5.82 Å². The molecule has 1 atom stereocenters. The molecule has 1 aromatic heterocycles. The van der Waals surface area contributed by atoms with Gasteiger partial charge in [-0.1, -0.05) is 50.7 Å². The molecule has 0 spiro atoms. The Labute approximate surface area is 165 Å². The first kappa shape index (κ1) is 19.7. The predicted molar refractivity (Wildman–Crippen MR) is 111 cm³/mol. The minimum absolute atomic E-state index is 0.0374. The second kappa shape index (κ2) is 7.89. The molecular weight excluding hydrogens is 356 g/mol. The van der Waals surface area contributed by atoms with Gasteiger partial charge in [-0.05, 0) is 42.9 Å². The van der Waals surface area contributed by atoms with E-state index >= 15 is 0 Å². The van der Waals surface area contributed by atoms with Crippen molar-refractivity contribution in [2.24, 2.45) is 0 Å². The summed E-state index contributed by atoms with van der Waals surface area (Å²) in [5.41, 5.74) is 2.15. The summed E-state index contributed by atoms with van der Waals surface area (Å²) in [6.45, 7) is 12.9. The van der Waals surface area contributed by atoms with Gasteiger partial charge in [-0.25, -0.2) is 0 Å². The Kier molecular flexibility index (Phi) is 5.75. The summed E-state index contributed by atoms with van der Waals surface area (Å²) in [4.78, 5) is 12.6. The molecule has 1 amide bonds. The van der Waals surface area contributed by atoms with Crippen LogP contribution in [0.4, 0.5) is 5.69 Å². The molecule has 1 heterocycles. The molecule has 144 valence electrons. The number of allylic oxidation sites excluding steroid dienone is 1. The van der Waals surface area contributed by atoms with Crippen molar-refractivity contribution in [1.29, 1.82) is 0 Å². The molecule has 3 rings (SSSR count). The number of carbonyl (C=O) groups is 1. The second-order valence-electron chi connectivity index (χ2n) is 8.09. The Hall–Kier alpha value is -2.08. The average Bonchev–Trinajstić information content (AvgIpc) is 3.38. The van der Waals surface area contributed by atoms with Crippen molar-refractivity contribution in [2.45, 2.75) is 68.8 Å². The zero-order chi connectivity index (χ0) is 19.6. The zero-order valence-electron chi connectivity index (χ0n) is 16.5. The molecule has 1 aliphatic rings. The number of anilines is 1.